The largest absolute Gasteiger partial charge is 0.299 e. The van der Waals surface area contributed by atoms with Crippen LogP contribution in [0.1, 0.15) is 61.3 Å². The van der Waals surface area contributed by atoms with Crippen LogP contribution in [0.5, 0.6) is 0 Å². The normalized spacial score (nSPS) is 15.3. The summed E-state index contributed by atoms with van der Waals surface area (Å²) in [4.78, 5) is 2.43. The monoisotopic (exact) mass is 225 g/mol. The van der Waals surface area contributed by atoms with E-state index in [9.17, 15) is 0 Å². The molecule has 0 aliphatic carbocycles. The lowest BCUT2D eigenvalue weighted by molar-refractivity contribution is 0.124. The Balaban J connectivity index is 4.26. The number of nitrogens with zero attached hydrogens (tertiary/aromatic N) is 1. The molecule has 0 aliphatic heterocycles. The minimum atomic E-state index is 0.238. The summed E-state index contributed by atoms with van der Waals surface area (Å²) in [5.74, 6) is 0. The zero-order chi connectivity index (χ0) is 13.1. The van der Waals surface area contributed by atoms with Gasteiger partial charge in [0.25, 0.3) is 0 Å². The Hall–Kier alpha value is -0.300. The predicted molar refractivity (Wildman–Crippen MR) is 74.8 cm³/mol. The first kappa shape index (κ1) is 15.7. The molecular weight excluding hydrogens is 194 g/mol. The van der Waals surface area contributed by atoms with Crippen LogP contribution in [-0.2, 0) is 0 Å². The van der Waals surface area contributed by atoms with Gasteiger partial charge in [-0.2, -0.15) is 0 Å². The standard InChI is InChI=1S/C15H31N/c1-12(11-14(3,4)5)10-13(2)16(9)15(6,7)8/h13H,1,10-11H2,2-9H3. The molecule has 1 heteroatoms. The molecule has 0 N–H and O–H groups in total. The summed E-state index contributed by atoms with van der Waals surface area (Å²) in [6.07, 6.45) is 2.22. The van der Waals surface area contributed by atoms with E-state index in [0.29, 0.717) is 11.5 Å². The van der Waals surface area contributed by atoms with Crippen molar-refractivity contribution in [2.75, 3.05) is 7.05 Å². The number of hydrogen-bond acceptors (Lipinski definition) is 1. The van der Waals surface area contributed by atoms with E-state index in [1.54, 1.807) is 0 Å². The Morgan fingerprint density at radius 1 is 1.12 bits per heavy atom. The van der Waals surface area contributed by atoms with Crippen LogP contribution in [-0.4, -0.2) is 23.5 Å². The third-order valence-electron chi connectivity index (χ3n) is 3.08. The van der Waals surface area contributed by atoms with Crippen molar-refractivity contribution in [1.82, 2.24) is 4.90 Å². The van der Waals surface area contributed by atoms with E-state index in [4.69, 9.17) is 0 Å². The zero-order valence-electron chi connectivity index (χ0n) is 12.6. The molecule has 96 valence electrons. The van der Waals surface area contributed by atoms with Gasteiger partial charge in [0.15, 0.2) is 0 Å². The van der Waals surface area contributed by atoms with Gasteiger partial charge in [0, 0.05) is 11.6 Å². The molecule has 0 aromatic rings. The van der Waals surface area contributed by atoms with Crippen LogP contribution in [0.2, 0.25) is 0 Å². The van der Waals surface area contributed by atoms with Crippen molar-refractivity contribution in [3.8, 4) is 0 Å². The highest BCUT2D eigenvalue weighted by molar-refractivity contribution is 5.00. The van der Waals surface area contributed by atoms with Crippen LogP contribution in [0.25, 0.3) is 0 Å². The molecule has 0 aliphatic rings. The van der Waals surface area contributed by atoms with Crippen LogP contribution in [0.15, 0.2) is 12.2 Å². The Morgan fingerprint density at radius 2 is 1.56 bits per heavy atom. The smallest absolute Gasteiger partial charge is 0.0124 e. The molecule has 0 radical (unpaired) electrons. The maximum atomic E-state index is 4.22. The van der Waals surface area contributed by atoms with Crippen LogP contribution in [0, 0.1) is 5.41 Å². The minimum Gasteiger partial charge on any atom is -0.299 e. The fourth-order valence-electron chi connectivity index (χ4n) is 2.04. The number of rotatable bonds is 4. The Labute approximate surface area is 103 Å². The van der Waals surface area contributed by atoms with E-state index in [0.717, 1.165) is 12.8 Å². The highest BCUT2D eigenvalue weighted by Gasteiger charge is 2.23. The second-order valence-corrected chi connectivity index (χ2v) is 7.32. The van der Waals surface area contributed by atoms with Crippen molar-refractivity contribution in [1.29, 1.82) is 0 Å². The van der Waals surface area contributed by atoms with E-state index in [1.807, 2.05) is 0 Å². The van der Waals surface area contributed by atoms with Crippen molar-refractivity contribution >= 4 is 0 Å². The van der Waals surface area contributed by atoms with Gasteiger partial charge < -0.3 is 0 Å². The highest BCUT2D eigenvalue weighted by Crippen LogP contribution is 2.27. The molecule has 0 bridgehead atoms. The van der Waals surface area contributed by atoms with Gasteiger partial charge in [-0.1, -0.05) is 32.9 Å². The molecular formula is C15H31N. The van der Waals surface area contributed by atoms with Crippen LogP contribution in [0.4, 0.5) is 0 Å². The van der Waals surface area contributed by atoms with Gasteiger partial charge in [-0.05, 0) is 53.0 Å². The Morgan fingerprint density at radius 3 is 1.88 bits per heavy atom. The lowest BCUT2D eigenvalue weighted by Crippen LogP contribution is -2.44. The fourth-order valence-corrected chi connectivity index (χ4v) is 2.04. The Bertz CT molecular complexity index is 227. The molecule has 0 fully saturated rings. The molecule has 0 rings (SSSR count). The molecule has 0 aromatic heterocycles. The second-order valence-electron chi connectivity index (χ2n) is 7.32. The molecule has 0 saturated carbocycles. The molecule has 0 spiro atoms. The summed E-state index contributed by atoms with van der Waals surface area (Å²) in [7, 11) is 2.20. The van der Waals surface area contributed by atoms with Crippen molar-refractivity contribution in [2.24, 2.45) is 5.41 Å². The van der Waals surface area contributed by atoms with Crippen molar-refractivity contribution in [3.05, 3.63) is 12.2 Å². The fraction of sp³-hybridized carbons (Fsp3) is 0.867. The summed E-state index contributed by atoms with van der Waals surface area (Å²) in [5, 5.41) is 0. The lowest BCUT2D eigenvalue weighted by Gasteiger charge is -2.37. The van der Waals surface area contributed by atoms with E-state index in [1.165, 1.54) is 5.57 Å². The van der Waals surface area contributed by atoms with Crippen LogP contribution >= 0.6 is 0 Å². The second kappa shape index (κ2) is 5.35. The molecule has 1 atom stereocenters. The molecule has 0 aromatic carbocycles. The van der Waals surface area contributed by atoms with Crippen LogP contribution < -0.4 is 0 Å². The molecule has 0 amide bonds. The summed E-state index contributed by atoms with van der Waals surface area (Å²) in [5.41, 5.74) is 1.97. The molecule has 1 nitrogen and oxygen atoms in total. The summed E-state index contributed by atoms with van der Waals surface area (Å²) >= 11 is 0. The average Bonchev–Trinajstić information content (AvgIpc) is 1.96. The first-order valence-corrected chi connectivity index (χ1v) is 6.33. The molecule has 0 heterocycles. The zero-order valence-corrected chi connectivity index (χ0v) is 12.6. The first-order chi connectivity index (χ1) is 6.93. The van der Waals surface area contributed by atoms with Crippen molar-refractivity contribution < 1.29 is 0 Å². The summed E-state index contributed by atoms with van der Waals surface area (Å²) < 4.78 is 0. The summed E-state index contributed by atoms with van der Waals surface area (Å²) in [6, 6.07) is 0.565. The van der Waals surface area contributed by atoms with Crippen LogP contribution in [0.3, 0.4) is 0 Å². The molecule has 16 heavy (non-hydrogen) atoms. The quantitative estimate of drug-likeness (QED) is 0.637. The lowest BCUT2D eigenvalue weighted by atomic mass is 9.86. The average molecular weight is 225 g/mol. The maximum absolute atomic E-state index is 4.22. The van der Waals surface area contributed by atoms with E-state index in [-0.39, 0.29) is 5.54 Å². The van der Waals surface area contributed by atoms with Gasteiger partial charge in [-0.3, -0.25) is 4.90 Å². The summed E-state index contributed by atoms with van der Waals surface area (Å²) in [6.45, 7) is 20.1. The van der Waals surface area contributed by atoms with E-state index < -0.39 is 0 Å². The molecule has 1 unspecified atom stereocenters. The van der Waals surface area contributed by atoms with Gasteiger partial charge in [-0.15, -0.1) is 0 Å². The van der Waals surface area contributed by atoms with Gasteiger partial charge in [0.05, 0.1) is 0 Å². The third-order valence-corrected chi connectivity index (χ3v) is 3.08. The topological polar surface area (TPSA) is 3.24 Å². The van der Waals surface area contributed by atoms with Crippen molar-refractivity contribution in [3.63, 3.8) is 0 Å². The molecule has 0 saturated heterocycles. The van der Waals surface area contributed by atoms with Gasteiger partial charge in [0.2, 0.25) is 0 Å². The number of hydrogen-bond donors (Lipinski definition) is 0. The Kier molecular flexibility index (Phi) is 5.25. The SMILES string of the molecule is C=C(CC(C)N(C)C(C)(C)C)CC(C)(C)C. The van der Waals surface area contributed by atoms with Gasteiger partial charge >= 0.3 is 0 Å². The van der Waals surface area contributed by atoms with E-state index in [2.05, 4.69) is 67.0 Å². The maximum Gasteiger partial charge on any atom is 0.0124 e. The predicted octanol–water partition coefficient (Wildman–Crippen LogP) is 4.49. The third kappa shape index (κ3) is 6.32. The van der Waals surface area contributed by atoms with E-state index >= 15 is 0 Å². The minimum absolute atomic E-state index is 0.238. The van der Waals surface area contributed by atoms with Gasteiger partial charge in [0.1, 0.15) is 0 Å². The highest BCUT2D eigenvalue weighted by atomic mass is 15.2. The first-order valence-electron chi connectivity index (χ1n) is 6.33. The van der Waals surface area contributed by atoms with Crippen molar-refractivity contribution in [2.45, 2.75) is 72.9 Å². The van der Waals surface area contributed by atoms with Gasteiger partial charge in [-0.25, -0.2) is 0 Å².